The molecular weight excluding hydrogens is 1390 g/mol. The summed E-state index contributed by atoms with van der Waals surface area (Å²) in [5.41, 5.74) is 2.11. The van der Waals surface area contributed by atoms with Gasteiger partial charge in [0.1, 0.15) is 70.2 Å². The molecule has 0 saturated carbocycles. The van der Waals surface area contributed by atoms with Gasteiger partial charge in [0.05, 0.1) is 38.1 Å². The predicted molar refractivity (Wildman–Crippen MR) is 355 cm³/mol. The van der Waals surface area contributed by atoms with Crippen molar-refractivity contribution in [3.05, 3.63) is 157 Å². The monoisotopic (exact) mass is 1460 g/mol. The molecule has 0 aliphatic carbocycles. The molecule has 3 atom stereocenters. The van der Waals surface area contributed by atoms with Crippen LogP contribution in [0, 0.1) is 14.1 Å². The first kappa shape index (κ1) is 77.0. The van der Waals surface area contributed by atoms with Crippen molar-refractivity contribution in [2.45, 2.75) is 110 Å². The van der Waals surface area contributed by atoms with Gasteiger partial charge in [0.25, 0.3) is 17.7 Å². The van der Waals surface area contributed by atoms with Crippen LogP contribution in [0.1, 0.15) is 151 Å². The third kappa shape index (κ3) is 20.3. The molecule has 0 spiro atoms. The van der Waals surface area contributed by atoms with E-state index in [-0.39, 0.29) is 99.9 Å². The van der Waals surface area contributed by atoms with Gasteiger partial charge in [0, 0.05) is 60.0 Å². The van der Waals surface area contributed by atoms with E-state index in [0.29, 0.717) is 99.7 Å². The number of nitrogens with one attached hydrogen (secondary N) is 3. The summed E-state index contributed by atoms with van der Waals surface area (Å²) in [4.78, 5) is 76.8. The van der Waals surface area contributed by atoms with Crippen LogP contribution in [-0.4, -0.2) is 166 Å². The molecule has 4 aliphatic heterocycles. The van der Waals surface area contributed by atoms with Crippen molar-refractivity contribution in [2.75, 3.05) is 56.1 Å². The number of ether oxygens (including phenoxy) is 5. The summed E-state index contributed by atoms with van der Waals surface area (Å²) in [7, 11) is 1.26. The van der Waals surface area contributed by atoms with Gasteiger partial charge in [0.15, 0.2) is 17.5 Å². The van der Waals surface area contributed by atoms with Crippen molar-refractivity contribution < 1.29 is 69.6 Å². The molecule has 3 amide bonds. The van der Waals surface area contributed by atoms with Crippen molar-refractivity contribution in [3.8, 4) is 52.2 Å². The third-order valence-corrected chi connectivity index (χ3v) is 15.5. The molecule has 4 aliphatic rings. The zero-order valence-electron chi connectivity index (χ0n) is 54.5. The van der Waals surface area contributed by atoms with Crippen molar-refractivity contribution in [2.24, 2.45) is 0 Å². The standard InChI is InChI=1S/C21H24N6O3.C20H20N6O4.C18H17BrN6O2.C4H8O.CO.CH3.BrH.Mg/c1-13-6-5-9-30-20-15(10-14(11-22-20)21(2,3)29)19(28)25-17-8-4-7-16(24-17)18-26-23-12-27(13)18;1-12-5-4-8-30-19-14(9-13(10-21-19)20(28)29-2)18(27)24-16-7-3-6-15(23-16)17-25-22-11-26(12)17;1-11-4-3-7-27-18-13(8-12(19)9-20-18)17(26)23-15-6-2-5-14(22-15)16-24-21-10-25(11)16;1-2-4-5-3-1;1-2;;;/h4,7-8,10-13,29H,5-6,9H2,1-3H3,(H,24,25,28);3,6-7,9-12H,4-5,8H2,1-2H3,(H,23,24,27);2,5-6,8-11H,3-4,7H2,1H3,(H,22,23,26);1-4H2;;1H3;1H;/q;;;;;-1;;+2/p-1/t13-;12-;11-;;;;;/m000...../s1. The molecule has 32 heteroatoms. The Morgan fingerprint density at radius 2 is 0.959 bits per heavy atom. The fraction of sp³-hybridized carbons (Fsp3) is 0.354. The third-order valence-electron chi connectivity index (χ3n) is 15.0. The van der Waals surface area contributed by atoms with E-state index in [2.05, 4.69) is 120 Å². The van der Waals surface area contributed by atoms with E-state index in [4.69, 9.17) is 28.3 Å². The topological polar surface area (TPSA) is 360 Å². The van der Waals surface area contributed by atoms with Crippen LogP contribution < -0.4 is 47.1 Å². The van der Waals surface area contributed by atoms with E-state index in [0.717, 1.165) is 45.3 Å². The Balaban J connectivity index is 0.000000215. The predicted octanol–water partition coefficient (Wildman–Crippen LogP) is 6.77. The van der Waals surface area contributed by atoms with Gasteiger partial charge in [-0.2, -0.15) is 0 Å². The van der Waals surface area contributed by atoms with Gasteiger partial charge in [-0.25, -0.2) is 34.7 Å². The van der Waals surface area contributed by atoms with Gasteiger partial charge in [0.2, 0.25) is 17.6 Å². The fourth-order valence-electron chi connectivity index (χ4n) is 9.98. The smallest absolute Gasteiger partial charge is 0.358 e. The molecular formula is C65H72Br2MgN18O11. The van der Waals surface area contributed by atoms with Crippen molar-refractivity contribution >= 4 is 80.1 Å². The molecule has 0 radical (unpaired) electrons. The maximum atomic E-state index is 13.0. The molecule has 13 heterocycles. The van der Waals surface area contributed by atoms with Crippen LogP contribution in [-0.2, 0) is 19.7 Å². The van der Waals surface area contributed by atoms with E-state index in [1.807, 2.05) is 38.0 Å². The van der Waals surface area contributed by atoms with Crippen molar-refractivity contribution in [1.29, 1.82) is 0 Å². The van der Waals surface area contributed by atoms with Crippen LogP contribution in [0.4, 0.5) is 17.5 Å². The Labute approximate surface area is 594 Å². The molecule has 9 aromatic heterocycles. The zero-order chi connectivity index (χ0) is 66.7. The molecule has 4 N–H and O–H groups in total. The normalized spacial score (nSPS) is 16.4. The van der Waals surface area contributed by atoms with Crippen LogP contribution in [0.3, 0.4) is 0 Å². The molecule has 9 aromatic rings. The Morgan fingerprint density at radius 3 is 1.33 bits per heavy atom. The first-order valence-corrected chi connectivity index (χ1v) is 31.0. The number of nitrogens with zero attached hydrogens (tertiary/aromatic N) is 15. The van der Waals surface area contributed by atoms with Crippen LogP contribution in [0.25, 0.3) is 34.6 Å². The second-order valence-corrected chi connectivity index (χ2v) is 23.2. The van der Waals surface area contributed by atoms with Crippen LogP contribution in [0.5, 0.6) is 17.6 Å². The molecule has 13 rings (SSSR count). The van der Waals surface area contributed by atoms with Gasteiger partial charge in [-0.3, -0.25) is 14.4 Å². The molecule has 1 saturated heterocycles. The van der Waals surface area contributed by atoms with Gasteiger partial charge < -0.3 is 82.9 Å². The number of halogens is 2. The fourth-order valence-corrected chi connectivity index (χ4v) is 10.3. The summed E-state index contributed by atoms with van der Waals surface area (Å²) >= 11 is 3.35. The SMILES string of the molecule is C1CCOC1.COC(=O)c1cnc2c(c1)C(=O)Nc1cccc(n1)-c1nncn1[C@@H](C)CCCO2.C[C@H]1CCCOc2ncc(Br)cc2C(=O)Nc2cccc(n2)-c2nncn21.C[C@H]1CCCOc2ncc(C(C)(C)O)cc2C(=O)Nc2cccc(n2)-c2nncn21.[Br-].[C-]#[O+].[CH3-].[Mg+2]. The minimum absolute atomic E-state index is 0. The quantitative estimate of drug-likeness (QED) is 0.0600. The largest absolute Gasteiger partial charge is 2.00 e. The van der Waals surface area contributed by atoms with E-state index >= 15 is 0 Å². The van der Waals surface area contributed by atoms with Gasteiger partial charge in [-0.15, -0.1) is 30.6 Å². The van der Waals surface area contributed by atoms with E-state index in [1.165, 1.54) is 38.4 Å². The summed E-state index contributed by atoms with van der Waals surface area (Å²) in [6.07, 6.45) is 16.8. The minimum Gasteiger partial charge on any atom is -0.358 e. The molecule has 97 heavy (non-hydrogen) atoms. The molecule has 6 bridgehead atoms. The Hall–Kier alpha value is -9.01. The number of pyridine rings is 6. The van der Waals surface area contributed by atoms with Gasteiger partial charge >= 0.3 is 40.3 Å². The Morgan fingerprint density at radius 1 is 0.588 bits per heavy atom. The first-order chi connectivity index (χ1) is 45.5. The molecule has 0 aromatic carbocycles. The van der Waals surface area contributed by atoms with Crippen molar-refractivity contribution in [3.63, 3.8) is 0 Å². The second kappa shape index (κ2) is 36.9. The summed E-state index contributed by atoms with van der Waals surface area (Å²) in [5, 5.41) is 43.4. The van der Waals surface area contributed by atoms with E-state index in [9.17, 15) is 24.3 Å². The first-order valence-electron chi connectivity index (χ1n) is 30.2. The number of amides is 3. The summed E-state index contributed by atoms with van der Waals surface area (Å²) in [5.74, 6) is 1.88. The summed E-state index contributed by atoms with van der Waals surface area (Å²) < 4.78 is 41.1. The van der Waals surface area contributed by atoms with Crippen LogP contribution >= 0.6 is 15.9 Å². The Kier molecular flexibility index (Phi) is 29.3. The number of hydrogen-bond donors (Lipinski definition) is 4. The minimum atomic E-state index is -1.14. The number of carbonyl (C=O) groups excluding carboxylic acids is 4. The number of fused-ring (bicyclic) bond motifs is 15. The number of methoxy groups -OCH3 is 1. The summed E-state index contributed by atoms with van der Waals surface area (Å²) in [6, 6.07) is 21.1. The maximum Gasteiger partial charge on any atom is 2.00 e. The molecule has 29 nitrogen and oxygen atoms in total. The molecule has 504 valence electrons. The zero-order valence-corrected chi connectivity index (χ0v) is 59.1. The van der Waals surface area contributed by atoms with Gasteiger partial charge in [-0.05, 0) is 157 Å². The average Bonchev–Trinajstić information content (AvgIpc) is 1.79. The van der Waals surface area contributed by atoms with Crippen LogP contribution in [0.2, 0.25) is 0 Å². The molecule has 1 fully saturated rings. The van der Waals surface area contributed by atoms with Crippen molar-refractivity contribution in [1.82, 2.24) is 74.2 Å². The van der Waals surface area contributed by atoms with E-state index < -0.39 is 23.4 Å². The number of carbonyl (C=O) groups is 4. The Bertz CT molecular complexity index is 4120. The number of aliphatic hydroxyl groups is 1. The maximum absolute atomic E-state index is 13.0. The average molecular weight is 1470 g/mol. The number of anilines is 3. The second-order valence-electron chi connectivity index (χ2n) is 22.3. The number of hydrogen-bond acceptors (Lipinski definition) is 22. The molecule has 0 unspecified atom stereocenters. The number of aromatic nitrogens is 15. The van der Waals surface area contributed by atoms with Gasteiger partial charge in [-0.1, -0.05) is 18.2 Å². The number of rotatable bonds is 2. The van der Waals surface area contributed by atoms with E-state index in [1.54, 1.807) is 81.5 Å². The van der Waals surface area contributed by atoms with Crippen LogP contribution in [0.15, 0.2) is 115 Å². The summed E-state index contributed by atoms with van der Waals surface area (Å²) in [6.45, 7) is 17.3. The number of esters is 1.